The third-order valence-corrected chi connectivity index (χ3v) is 6.17. The first-order valence-electron chi connectivity index (χ1n) is 9.49. The highest BCUT2D eigenvalue weighted by Crippen LogP contribution is 2.59. The average molecular weight is 356 g/mol. The quantitative estimate of drug-likeness (QED) is 0.650. The second-order valence-electron chi connectivity index (χ2n) is 7.52. The van der Waals surface area contributed by atoms with Crippen LogP contribution >= 0.6 is 0 Å². The molecule has 0 aromatic heterocycles. The fourth-order valence-electron chi connectivity index (χ4n) is 4.95. The van der Waals surface area contributed by atoms with E-state index < -0.39 is 5.60 Å². The minimum Gasteiger partial charge on any atom is -0.365 e. The predicted molar refractivity (Wildman–Crippen MR) is 101 cm³/mol. The van der Waals surface area contributed by atoms with Gasteiger partial charge in [-0.2, -0.15) is 0 Å². The minimum atomic E-state index is -0.671. The largest absolute Gasteiger partial charge is 0.365 e. The fourth-order valence-corrected chi connectivity index (χ4v) is 4.95. The topological polar surface area (TPSA) is 27.7 Å². The van der Waals surface area contributed by atoms with Crippen LogP contribution < -0.4 is 0 Å². The Morgan fingerprint density at radius 3 is 1.74 bits per heavy atom. The van der Waals surface area contributed by atoms with Crippen molar-refractivity contribution in [3.05, 3.63) is 106 Å². The molecule has 3 heterocycles. The summed E-state index contributed by atoms with van der Waals surface area (Å²) in [6.07, 6.45) is -0.373. The zero-order valence-corrected chi connectivity index (χ0v) is 14.9. The third kappa shape index (κ3) is 2.08. The van der Waals surface area contributed by atoms with E-state index in [-0.39, 0.29) is 12.2 Å². The Kier molecular flexibility index (Phi) is 3.33. The Bertz CT molecular complexity index is 970. The highest BCUT2D eigenvalue weighted by Gasteiger charge is 2.58. The molecule has 3 aliphatic heterocycles. The Morgan fingerprint density at radius 1 is 0.593 bits per heavy atom. The summed E-state index contributed by atoms with van der Waals surface area (Å²) in [6, 6.07) is 25.4. The molecule has 0 aliphatic carbocycles. The van der Waals surface area contributed by atoms with Crippen LogP contribution in [0.15, 0.2) is 72.8 Å². The molecule has 3 aliphatic rings. The van der Waals surface area contributed by atoms with Crippen LogP contribution in [0.25, 0.3) is 0 Å². The molecule has 134 valence electrons. The van der Waals surface area contributed by atoms with E-state index in [1.807, 2.05) is 0 Å². The van der Waals surface area contributed by atoms with Crippen LogP contribution in [0, 0.1) is 0 Å². The molecule has 27 heavy (non-hydrogen) atoms. The van der Waals surface area contributed by atoms with Gasteiger partial charge in [0.15, 0.2) is 5.60 Å². The molecule has 2 unspecified atom stereocenters. The normalized spacial score (nSPS) is 28.0. The Morgan fingerprint density at radius 2 is 1.11 bits per heavy atom. The van der Waals surface area contributed by atoms with Crippen LogP contribution in [-0.2, 0) is 39.6 Å². The molecule has 0 radical (unpaired) electrons. The van der Waals surface area contributed by atoms with Gasteiger partial charge in [0.1, 0.15) is 12.2 Å². The molecule has 3 aromatic rings. The number of ether oxygens (including phenoxy) is 3. The smallest absolute Gasteiger partial charge is 0.154 e. The monoisotopic (exact) mass is 356 g/mol. The second-order valence-corrected chi connectivity index (χ2v) is 7.52. The van der Waals surface area contributed by atoms with Crippen molar-refractivity contribution in [2.45, 2.75) is 37.6 Å². The fraction of sp³-hybridized carbons (Fsp3) is 0.250. The maximum absolute atomic E-state index is 6.64. The van der Waals surface area contributed by atoms with E-state index in [1.165, 1.54) is 33.4 Å². The molecule has 0 spiro atoms. The molecule has 0 saturated heterocycles. The van der Waals surface area contributed by atoms with Gasteiger partial charge in [0.05, 0.1) is 19.8 Å². The van der Waals surface area contributed by atoms with Crippen LogP contribution in [0.1, 0.15) is 45.6 Å². The summed E-state index contributed by atoms with van der Waals surface area (Å²) < 4.78 is 19.4. The maximum Gasteiger partial charge on any atom is 0.154 e. The lowest BCUT2D eigenvalue weighted by Gasteiger charge is -2.40. The number of benzene rings is 3. The van der Waals surface area contributed by atoms with Crippen molar-refractivity contribution in [1.82, 2.24) is 0 Å². The SMILES string of the molecule is c1ccc2c(c1)COC2C1(C2OCc3ccccc32)OCc2ccccc21. The second kappa shape index (κ2) is 5.77. The van der Waals surface area contributed by atoms with Crippen LogP contribution in [0.3, 0.4) is 0 Å². The van der Waals surface area contributed by atoms with E-state index in [0.717, 1.165) is 0 Å². The van der Waals surface area contributed by atoms with E-state index in [9.17, 15) is 0 Å². The highest BCUT2D eigenvalue weighted by molar-refractivity contribution is 5.46. The van der Waals surface area contributed by atoms with Gasteiger partial charge in [0, 0.05) is 0 Å². The van der Waals surface area contributed by atoms with E-state index >= 15 is 0 Å². The molecule has 3 aromatic carbocycles. The van der Waals surface area contributed by atoms with Gasteiger partial charge in [0.25, 0.3) is 0 Å². The van der Waals surface area contributed by atoms with E-state index in [1.54, 1.807) is 0 Å². The number of hydrogen-bond acceptors (Lipinski definition) is 3. The Hall–Kier alpha value is -2.46. The lowest BCUT2D eigenvalue weighted by molar-refractivity contribution is -0.209. The molecule has 0 amide bonds. The first-order chi connectivity index (χ1) is 13.4. The summed E-state index contributed by atoms with van der Waals surface area (Å²) in [6.45, 7) is 1.81. The van der Waals surface area contributed by atoms with Crippen molar-refractivity contribution in [3.63, 3.8) is 0 Å². The third-order valence-electron chi connectivity index (χ3n) is 6.17. The van der Waals surface area contributed by atoms with Gasteiger partial charge < -0.3 is 14.2 Å². The Labute approximate surface area is 158 Å². The molecule has 0 bridgehead atoms. The van der Waals surface area contributed by atoms with Crippen LogP contribution in [-0.4, -0.2) is 0 Å². The lowest BCUT2D eigenvalue weighted by Crippen LogP contribution is -2.39. The summed E-state index contributed by atoms with van der Waals surface area (Å²) >= 11 is 0. The van der Waals surface area contributed by atoms with Crippen LogP contribution in [0.2, 0.25) is 0 Å². The molecular formula is C24H20O3. The summed E-state index contributed by atoms with van der Waals surface area (Å²) in [5, 5.41) is 0. The predicted octanol–water partition coefficient (Wildman–Crippen LogP) is 4.96. The van der Waals surface area contributed by atoms with Crippen LogP contribution in [0.5, 0.6) is 0 Å². The zero-order valence-electron chi connectivity index (χ0n) is 14.9. The van der Waals surface area contributed by atoms with Crippen molar-refractivity contribution >= 4 is 0 Å². The van der Waals surface area contributed by atoms with Crippen LogP contribution in [0.4, 0.5) is 0 Å². The molecule has 3 nitrogen and oxygen atoms in total. The lowest BCUT2D eigenvalue weighted by atomic mass is 9.77. The standard InChI is InChI=1S/C24H20O3/c1-4-10-19-16(7-1)13-25-22(19)24(21-12-6-3-9-18(21)15-27-24)23-20-11-5-2-8-17(20)14-26-23/h1-12,22-23H,13-15H2. The van der Waals surface area contributed by atoms with Gasteiger partial charge in [-0.05, 0) is 33.4 Å². The van der Waals surface area contributed by atoms with Crippen molar-refractivity contribution in [1.29, 1.82) is 0 Å². The van der Waals surface area contributed by atoms with Crippen molar-refractivity contribution in [3.8, 4) is 0 Å². The zero-order chi connectivity index (χ0) is 17.8. The summed E-state index contributed by atoms with van der Waals surface area (Å²) in [5.41, 5.74) is 6.63. The summed E-state index contributed by atoms with van der Waals surface area (Å²) in [7, 11) is 0. The van der Waals surface area contributed by atoms with Gasteiger partial charge in [-0.15, -0.1) is 0 Å². The highest BCUT2D eigenvalue weighted by atomic mass is 16.6. The molecule has 0 saturated carbocycles. The van der Waals surface area contributed by atoms with E-state index in [2.05, 4.69) is 72.8 Å². The van der Waals surface area contributed by atoms with Gasteiger partial charge >= 0.3 is 0 Å². The first kappa shape index (κ1) is 15.6. The number of hydrogen-bond donors (Lipinski definition) is 0. The van der Waals surface area contributed by atoms with E-state index in [4.69, 9.17) is 14.2 Å². The average Bonchev–Trinajstić information content (AvgIpc) is 3.43. The Balaban J connectivity index is 1.59. The minimum absolute atomic E-state index is 0.187. The number of fused-ring (bicyclic) bond motifs is 3. The molecule has 0 N–H and O–H groups in total. The van der Waals surface area contributed by atoms with Gasteiger partial charge in [-0.3, -0.25) is 0 Å². The summed E-state index contributed by atoms with van der Waals surface area (Å²) in [5.74, 6) is 0. The molecule has 6 rings (SSSR count). The molecular weight excluding hydrogens is 336 g/mol. The van der Waals surface area contributed by atoms with E-state index in [0.29, 0.717) is 19.8 Å². The number of rotatable bonds is 2. The molecule has 0 fully saturated rings. The molecule has 3 heteroatoms. The van der Waals surface area contributed by atoms with Gasteiger partial charge in [-0.25, -0.2) is 0 Å². The van der Waals surface area contributed by atoms with Crippen molar-refractivity contribution in [2.24, 2.45) is 0 Å². The van der Waals surface area contributed by atoms with Crippen molar-refractivity contribution < 1.29 is 14.2 Å². The summed E-state index contributed by atoms with van der Waals surface area (Å²) in [4.78, 5) is 0. The van der Waals surface area contributed by atoms with Crippen molar-refractivity contribution in [2.75, 3.05) is 0 Å². The first-order valence-corrected chi connectivity index (χ1v) is 9.49. The molecule has 2 atom stereocenters. The maximum atomic E-state index is 6.64. The van der Waals surface area contributed by atoms with Gasteiger partial charge in [0.2, 0.25) is 0 Å². The van der Waals surface area contributed by atoms with Gasteiger partial charge in [-0.1, -0.05) is 72.8 Å².